The Morgan fingerprint density at radius 3 is 2.75 bits per heavy atom. The molecule has 1 N–H and O–H groups in total. The zero-order valence-corrected chi connectivity index (χ0v) is 12.3. The summed E-state index contributed by atoms with van der Waals surface area (Å²) < 4.78 is 1.57. The van der Waals surface area contributed by atoms with Crippen LogP contribution in [0.25, 0.3) is 0 Å². The van der Waals surface area contributed by atoms with Crippen molar-refractivity contribution in [3.05, 3.63) is 39.8 Å². The Morgan fingerprint density at radius 1 is 1.35 bits per heavy atom. The van der Waals surface area contributed by atoms with Gasteiger partial charge in [-0.2, -0.15) is 0 Å². The van der Waals surface area contributed by atoms with Crippen LogP contribution in [0.15, 0.2) is 34.3 Å². The number of hydrogen-bond acceptors (Lipinski definition) is 2. The van der Waals surface area contributed by atoms with Crippen molar-refractivity contribution in [1.82, 2.24) is 9.47 Å². The quantitative estimate of drug-likeness (QED) is 0.843. The molecule has 1 aromatic heterocycles. The van der Waals surface area contributed by atoms with Gasteiger partial charge in [0.05, 0.1) is 0 Å². The molecule has 5 heteroatoms. The molecule has 0 aromatic carbocycles. The molecule has 20 heavy (non-hydrogen) atoms. The number of carbonyl (C=O) groups is 1. The topological polar surface area (TPSA) is 54.3 Å². The highest BCUT2D eigenvalue weighted by atomic mass is 16.2. The van der Waals surface area contributed by atoms with Gasteiger partial charge < -0.3 is 14.8 Å². The highest BCUT2D eigenvalue weighted by molar-refractivity contribution is 5.89. The molecule has 0 fully saturated rings. The van der Waals surface area contributed by atoms with Gasteiger partial charge >= 0.3 is 6.03 Å². The van der Waals surface area contributed by atoms with E-state index in [1.165, 1.54) is 11.1 Å². The summed E-state index contributed by atoms with van der Waals surface area (Å²) in [5.41, 5.74) is 2.75. The number of amides is 2. The van der Waals surface area contributed by atoms with E-state index in [1.54, 1.807) is 27.8 Å². The molecule has 1 aromatic rings. The first-order valence-corrected chi connectivity index (χ1v) is 6.93. The highest BCUT2D eigenvalue weighted by Gasteiger charge is 2.19. The Balaban J connectivity index is 2.12. The van der Waals surface area contributed by atoms with Gasteiger partial charge in [-0.05, 0) is 39.3 Å². The highest BCUT2D eigenvalue weighted by Crippen LogP contribution is 2.17. The number of pyridine rings is 1. The molecule has 0 spiro atoms. The van der Waals surface area contributed by atoms with E-state index < -0.39 is 0 Å². The summed E-state index contributed by atoms with van der Waals surface area (Å²) >= 11 is 0. The van der Waals surface area contributed by atoms with Crippen molar-refractivity contribution in [1.29, 1.82) is 0 Å². The van der Waals surface area contributed by atoms with Crippen molar-refractivity contribution in [3.63, 3.8) is 0 Å². The van der Waals surface area contributed by atoms with E-state index in [0.717, 1.165) is 6.42 Å². The van der Waals surface area contributed by atoms with E-state index in [2.05, 4.69) is 12.2 Å². The summed E-state index contributed by atoms with van der Waals surface area (Å²) in [6.07, 6.45) is 2.61. The SMILES string of the molecule is CCn1cccc(NC(=O)N2CCC(C)=C(C)C2)c1=O. The fraction of sp³-hybridized carbons (Fsp3) is 0.467. The third kappa shape index (κ3) is 2.92. The molecule has 1 aliphatic heterocycles. The number of nitrogens with one attached hydrogen (secondary N) is 1. The van der Waals surface area contributed by atoms with Crippen LogP contribution in [-0.4, -0.2) is 28.6 Å². The van der Waals surface area contributed by atoms with Crippen LogP contribution in [0.3, 0.4) is 0 Å². The molecule has 5 nitrogen and oxygen atoms in total. The summed E-state index contributed by atoms with van der Waals surface area (Å²) in [5.74, 6) is 0. The Morgan fingerprint density at radius 2 is 2.10 bits per heavy atom. The average molecular weight is 275 g/mol. The monoisotopic (exact) mass is 275 g/mol. The fourth-order valence-electron chi connectivity index (χ4n) is 2.26. The first-order valence-electron chi connectivity index (χ1n) is 6.93. The van der Waals surface area contributed by atoms with Crippen LogP contribution >= 0.6 is 0 Å². The van der Waals surface area contributed by atoms with E-state index >= 15 is 0 Å². The number of carbonyl (C=O) groups excluding carboxylic acids is 1. The van der Waals surface area contributed by atoms with Gasteiger partial charge in [0.25, 0.3) is 5.56 Å². The minimum Gasteiger partial charge on any atom is -0.320 e. The Hall–Kier alpha value is -2.04. The van der Waals surface area contributed by atoms with E-state index in [1.807, 2.05) is 13.8 Å². The largest absolute Gasteiger partial charge is 0.322 e. The third-order valence-electron chi connectivity index (χ3n) is 3.80. The lowest BCUT2D eigenvalue weighted by Gasteiger charge is -2.28. The molecule has 0 aliphatic carbocycles. The zero-order valence-electron chi connectivity index (χ0n) is 12.3. The van der Waals surface area contributed by atoms with E-state index in [4.69, 9.17) is 0 Å². The molecule has 0 saturated heterocycles. The molecule has 0 saturated carbocycles. The molecule has 2 amide bonds. The second kappa shape index (κ2) is 5.94. The Labute approximate surface area is 118 Å². The molecular weight excluding hydrogens is 254 g/mol. The van der Waals surface area contributed by atoms with Crippen LogP contribution in [0.4, 0.5) is 10.5 Å². The van der Waals surface area contributed by atoms with Crippen molar-refractivity contribution < 1.29 is 4.79 Å². The van der Waals surface area contributed by atoms with Crippen LogP contribution in [-0.2, 0) is 6.54 Å². The van der Waals surface area contributed by atoms with Crippen molar-refractivity contribution in [2.45, 2.75) is 33.7 Å². The summed E-state index contributed by atoms with van der Waals surface area (Å²) in [7, 11) is 0. The number of nitrogens with zero attached hydrogens (tertiary/aromatic N) is 2. The second-order valence-electron chi connectivity index (χ2n) is 5.18. The lowest BCUT2D eigenvalue weighted by Crippen LogP contribution is -2.40. The van der Waals surface area contributed by atoms with E-state index in [0.29, 0.717) is 25.3 Å². The first-order chi connectivity index (χ1) is 9.52. The van der Waals surface area contributed by atoms with Crippen molar-refractivity contribution in [2.24, 2.45) is 0 Å². The molecule has 0 bridgehead atoms. The van der Waals surface area contributed by atoms with E-state index in [9.17, 15) is 9.59 Å². The second-order valence-corrected chi connectivity index (χ2v) is 5.18. The molecule has 1 aliphatic rings. The van der Waals surface area contributed by atoms with Gasteiger partial charge in [-0.3, -0.25) is 4.79 Å². The minimum absolute atomic E-state index is 0.163. The van der Waals surface area contributed by atoms with Crippen LogP contribution < -0.4 is 10.9 Å². The average Bonchev–Trinajstić information content (AvgIpc) is 2.44. The van der Waals surface area contributed by atoms with Gasteiger partial charge in [-0.1, -0.05) is 11.1 Å². The van der Waals surface area contributed by atoms with Gasteiger partial charge in [0.1, 0.15) is 5.69 Å². The van der Waals surface area contributed by atoms with Gasteiger partial charge in [0.15, 0.2) is 0 Å². The number of urea groups is 1. The number of aryl methyl sites for hydroxylation is 1. The maximum atomic E-state index is 12.2. The van der Waals surface area contributed by atoms with Crippen LogP contribution in [0.2, 0.25) is 0 Å². The predicted octanol–water partition coefficient (Wildman–Crippen LogP) is 2.44. The maximum Gasteiger partial charge on any atom is 0.322 e. The molecule has 0 radical (unpaired) electrons. The summed E-state index contributed by atoms with van der Waals surface area (Å²) in [6, 6.07) is 3.21. The zero-order chi connectivity index (χ0) is 14.7. The number of anilines is 1. The number of aromatic nitrogens is 1. The van der Waals surface area contributed by atoms with E-state index in [-0.39, 0.29) is 11.6 Å². The van der Waals surface area contributed by atoms with Gasteiger partial charge in [0.2, 0.25) is 0 Å². The molecular formula is C15H21N3O2. The molecule has 108 valence electrons. The summed E-state index contributed by atoms with van der Waals surface area (Å²) in [6.45, 7) is 7.96. The molecule has 0 atom stereocenters. The van der Waals surface area contributed by atoms with Gasteiger partial charge in [-0.15, -0.1) is 0 Å². The Bertz CT molecular complexity index is 601. The predicted molar refractivity (Wildman–Crippen MR) is 80.0 cm³/mol. The lowest BCUT2D eigenvalue weighted by atomic mass is 10.0. The fourth-order valence-corrected chi connectivity index (χ4v) is 2.26. The molecule has 2 heterocycles. The number of hydrogen-bond donors (Lipinski definition) is 1. The normalized spacial score (nSPS) is 15.4. The van der Waals surface area contributed by atoms with Crippen LogP contribution in [0.5, 0.6) is 0 Å². The van der Waals surface area contributed by atoms with Crippen molar-refractivity contribution >= 4 is 11.7 Å². The third-order valence-corrected chi connectivity index (χ3v) is 3.80. The molecule has 0 unspecified atom stereocenters. The van der Waals surface area contributed by atoms with Crippen LogP contribution in [0, 0.1) is 0 Å². The molecule has 2 rings (SSSR count). The first kappa shape index (κ1) is 14.4. The summed E-state index contributed by atoms with van der Waals surface area (Å²) in [5, 5.41) is 2.72. The Kier molecular flexibility index (Phi) is 4.27. The van der Waals surface area contributed by atoms with Crippen LogP contribution in [0.1, 0.15) is 27.2 Å². The van der Waals surface area contributed by atoms with Crippen molar-refractivity contribution in [3.8, 4) is 0 Å². The lowest BCUT2D eigenvalue weighted by molar-refractivity contribution is 0.214. The summed E-state index contributed by atoms with van der Waals surface area (Å²) in [4.78, 5) is 26.0. The minimum atomic E-state index is -0.206. The maximum absolute atomic E-state index is 12.2. The number of rotatable bonds is 2. The van der Waals surface area contributed by atoms with Gasteiger partial charge in [-0.25, -0.2) is 4.79 Å². The van der Waals surface area contributed by atoms with Crippen molar-refractivity contribution in [2.75, 3.05) is 18.4 Å². The standard InChI is InChI=1S/C15H21N3O2/c1-4-17-8-5-6-13(14(17)19)16-15(20)18-9-7-11(2)12(3)10-18/h5-6,8H,4,7,9-10H2,1-3H3,(H,16,20). The smallest absolute Gasteiger partial charge is 0.320 e. The van der Waals surface area contributed by atoms with Gasteiger partial charge in [0, 0.05) is 25.8 Å².